The number of nitrogen functional groups attached to an aromatic ring is 1. The van der Waals surface area contributed by atoms with E-state index in [4.69, 9.17) is 15.9 Å². The molecule has 1 aromatic carbocycles. The van der Waals surface area contributed by atoms with Crippen LogP contribution < -0.4 is 33.6 Å². The molecule has 0 aliphatic heterocycles. The Bertz CT molecular complexity index is 1230. The van der Waals surface area contributed by atoms with Crippen molar-refractivity contribution < 1.29 is 24.6 Å². The second-order valence-electron chi connectivity index (χ2n) is 6.71. The Morgan fingerprint density at radius 1 is 1.09 bits per heavy atom. The molecule has 15 heteroatoms. The molecule has 15 nitrogen and oxygen atoms in total. The van der Waals surface area contributed by atoms with E-state index in [1.807, 2.05) is 0 Å². The first kappa shape index (κ1) is 25.6. The summed E-state index contributed by atoms with van der Waals surface area (Å²) in [5, 5.41) is 23.2. The number of rotatable bonds is 9. The van der Waals surface area contributed by atoms with Gasteiger partial charge in [0.1, 0.15) is 6.04 Å². The van der Waals surface area contributed by atoms with Gasteiger partial charge in [0.2, 0.25) is 5.95 Å². The Hall–Kier alpha value is -4.63. The molecule has 0 aliphatic rings. The zero-order valence-electron chi connectivity index (χ0n) is 17.7. The lowest BCUT2D eigenvalue weighted by atomic mass is 10.1. The van der Waals surface area contributed by atoms with Gasteiger partial charge in [0.05, 0.1) is 18.4 Å². The quantitative estimate of drug-likeness (QED) is 0.134. The molecule has 0 aliphatic carbocycles. The maximum atomic E-state index is 12.3. The molecule has 1 amide bonds. The molecular weight excluding hydrogens is 450 g/mol. The molecule has 1 unspecified atom stereocenters. The van der Waals surface area contributed by atoms with Gasteiger partial charge in [-0.3, -0.25) is 31.1 Å². The number of nitrogens with one attached hydrogen (secondary N) is 3. The number of carboxylic acid groups (broad SMARTS) is 2. The van der Waals surface area contributed by atoms with E-state index in [-0.39, 0.29) is 42.1 Å². The molecule has 180 valence electrons. The van der Waals surface area contributed by atoms with Crippen molar-refractivity contribution in [2.45, 2.75) is 25.4 Å². The second-order valence-corrected chi connectivity index (χ2v) is 6.71. The first-order chi connectivity index (χ1) is 16.2. The van der Waals surface area contributed by atoms with Gasteiger partial charge in [-0.2, -0.15) is 4.98 Å². The van der Waals surface area contributed by atoms with Crippen LogP contribution in [0.2, 0.25) is 0 Å². The first-order valence-electron chi connectivity index (χ1n) is 9.67. The summed E-state index contributed by atoms with van der Waals surface area (Å²) in [5.74, 6) is 4.84. The van der Waals surface area contributed by atoms with Crippen molar-refractivity contribution in [3.05, 3.63) is 52.1 Å². The first-order valence-corrected chi connectivity index (χ1v) is 9.67. The van der Waals surface area contributed by atoms with Crippen molar-refractivity contribution in [1.82, 2.24) is 25.3 Å². The van der Waals surface area contributed by atoms with Crippen molar-refractivity contribution >= 4 is 40.6 Å². The molecule has 0 saturated carbocycles. The van der Waals surface area contributed by atoms with Gasteiger partial charge in [-0.15, -0.1) is 0 Å². The number of nitrogens with zero attached hydrogens (tertiary/aromatic N) is 3. The van der Waals surface area contributed by atoms with Crippen LogP contribution in [0.1, 0.15) is 28.9 Å². The summed E-state index contributed by atoms with van der Waals surface area (Å²) in [6, 6.07) is 4.86. The molecule has 34 heavy (non-hydrogen) atoms. The van der Waals surface area contributed by atoms with Crippen molar-refractivity contribution in [3.8, 4) is 0 Å². The van der Waals surface area contributed by atoms with Crippen LogP contribution in [0, 0.1) is 0 Å². The number of nitrogens with two attached hydrogens (primary N) is 3. The largest absolute Gasteiger partial charge is 0.481 e. The number of aromatic nitrogens is 4. The lowest BCUT2D eigenvalue weighted by molar-refractivity contribution is -0.140. The highest BCUT2D eigenvalue weighted by Crippen LogP contribution is 2.12. The van der Waals surface area contributed by atoms with E-state index in [0.29, 0.717) is 11.4 Å². The Kier molecular flexibility index (Phi) is 8.92. The topological polar surface area (TPSA) is 265 Å². The zero-order valence-corrected chi connectivity index (χ0v) is 17.7. The minimum absolute atomic E-state index is 0.0524. The van der Waals surface area contributed by atoms with Gasteiger partial charge in [0, 0.05) is 17.7 Å². The van der Waals surface area contributed by atoms with Crippen LogP contribution in [0.5, 0.6) is 0 Å². The van der Waals surface area contributed by atoms with E-state index in [9.17, 15) is 19.2 Å². The number of fused-ring (bicyclic) bond motifs is 1. The van der Waals surface area contributed by atoms with E-state index in [2.05, 4.69) is 42.3 Å². The number of carbonyl (C=O) groups is 3. The molecule has 0 fully saturated rings. The predicted molar refractivity (Wildman–Crippen MR) is 120 cm³/mol. The highest BCUT2D eigenvalue weighted by atomic mass is 16.4. The lowest BCUT2D eigenvalue weighted by Crippen LogP contribution is -2.41. The van der Waals surface area contributed by atoms with Crippen LogP contribution in [0.15, 0.2) is 35.3 Å². The fourth-order valence-corrected chi connectivity index (χ4v) is 2.75. The third-order valence-electron chi connectivity index (χ3n) is 4.36. The van der Waals surface area contributed by atoms with E-state index >= 15 is 0 Å². The van der Waals surface area contributed by atoms with Gasteiger partial charge in [-0.25, -0.2) is 14.8 Å². The Morgan fingerprint density at radius 3 is 2.38 bits per heavy atom. The minimum atomic E-state index is -1.31. The van der Waals surface area contributed by atoms with E-state index < -0.39 is 29.4 Å². The Balaban J connectivity index is 0.00000199. The minimum Gasteiger partial charge on any atom is -0.481 e. The van der Waals surface area contributed by atoms with Crippen LogP contribution in [0.25, 0.3) is 11.2 Å². The molecule has 1 atom stereocenters. The number of hydrogen-bond donors (Lipinski definition) is 8. The number of carboxylic acids is 2. The number of hydrazine groups is 1. The van der Waals surface area contributed by atoms with Crippen molar-refractivity contribution in [2.75, 3.05) is 11.1 Å². The van der Waals surface area contributed by atoms with E-state index in [0.717, 1.165) is 0 Å². The van der Waals surface area contributed by atoms with Gasteiger partial charge in [0.25, 0.3) is 11.5 Å². The summed E-state index contributed by atoms with van der Waals surface area (Å²) < 4.78 is 0. The summed E-state index contributed by atoms with van der Waals surface area (Å²) >= 11 is 0. The molecule has 3 aromatic rings. The fraction of sp³-hybridized carbons (Fsp3) is 0.211. The standard InChI is InChI=1S/C19H19N7O6.H4N2/c20-19-25-15-14(17(30)26-19)23-11(8-22-15)7-21-10-3-1-9(2-4-10)16(29)24-12(18(31)32)5-6-13(27)28;1-2/h1-4,8,12,21H,5-7H2,(H,24,29)(H,27,28)(H,31,32)(H3,20,22,25,26,30);1-2H2. The average molecular weight is 473 g/mol. The summed E-state index contributed by atoms with van der Waals surface area (Å²) in [5.41, 5.74) is 6.47. The normalized spacial score (nSPS) is 11.1. The third kappa shape index (κ3) is 6.94. The molecule has 0 radical (unpaired) electrons. The number of hydrogen-bond acceptors (Lipinski definition) is 11. The molecule has 3 rings (SSSR count). The fourth-order valence-electron chi connectivity index (χ4n) is 2.75. The average Bonchev–Trinajstić information content (AvgIpc) is 2.81. The monoisotopic (exact) mass is 473 g/mol. The molecule has 0 bridgehead atoms. The summed E-state index contributed by atoms with van der Waals surface area (Å²) in [4.78, 5) is 60.6. The summed E-state index contributed by atoms with van der Waals surface area (Å²) in [6.45, 7) is 0.231. The molecule has 0 spiro atoms. The smallest absolute Gasteiger partial charge is 0.326 e. The van der Waals surface area contributed by atoms with Crippen LogP contribution in [-0.2, 0) is 16.1 Å². The van der Waals surface area contributed by atoms with Gasteiger partial charge < -0.3 is 26.6 Å². The number of aliphatic carboxylic acids is 2. The number of carbonyl (C=O) groups excluding carboxylic acids is 1. The van der Waals surface area contributed by atoms with Gasteiger partial charge >= 0.3 is 11.9 Å². The number of aromatic amines is 1. The third-order valence-corrected chi connectivity index (χ3v) is 4.36. The molecule has 11 N–H and O–H groups in total. The highest BCUT2D eigenvalue weighted by molar-refractivity contribution is 5.96. The number of benzene rings is 1. The van der Waals surface area contributed by atoms with Crippen molar-refractivity contribution in [3.63, 3.8) is 0 Å². The second kappa shape index (κ2) is 11.8. The maximum Gasteiger partial charge on any atom is 0.326 e. The SMILES string of the molecule is NN.Nc1nc2ncc(CNc3ccc(C(=O)NC(CCC(=O)O)C(=O)O)cc3)nc2c(=O)[nH]1. The number of amides is 1. The summed E-state index contributed by atoms with van der Waals surface area (Å²) in [7, 11) is 0. The van der Waals surface area contributed by atoms with Crippen molar-refractivity contribution in [2.24, 2.45) is 11.7 Å². The summed E-state index contributed by atoms with van der Waals surface area (Å²) in [6.07, 6.45) is 0.840. The van der Waals surface area contributed by atoms with Crippen LogP contribution >= 0.6 is 0 Å². The van der Waals surface area contributed by atoms with Crippen LogP contribution in [0.3, 0.4) is 0 Å². The zero-order chi connectivity index (χ0) is 25.3. The van der Waals surface area contributed by atoms with Gasteiger partial charge in [-0.05, 0) is 30.7 Å². The van der Waals surface area contributed by atoms with Crippen LogP contribution in [0.4, 0.5) is 11.6 Å². The van der Waals surface area contributed by atoms with Gasteiger partial charge in [-0.1, -0.05) is 0 Å². The van der Waals surface area contributed by atoms with Gasteiger partial charge in [0.15, 0.2) is 11.2 Å². The van der Waals surface area contributed by atoms with E-state index in [1.165, 1.54) is 18.3 Å². The highest BCUT2D eigenvalue weighted by Gasteiger charge is 2.21. The lowest BCUT2D eigenvalue weighted by Gasteiger charge is -2.14. The number of anilines is 2. The Labute approximate surface area is 191 Å². The number of H-pyrrole nitrogens is 1. The van der Waals surface area contributed by atoms with Crippen LogP contribution in [-0.4, -0.2) is 54.0 Å². The Morgan fingerprint density at radius 2 is 1.76 bits per heavy atom. The molecular formula is C19H23N9O6. The predicted octanol–water partition coefficient (Wildman–Crippen LogP) is -1.23. The molecule has 2 aromatic heterocycles. The van der Waals surface area contributed by atoms with Crippen molar-refractivity contribution in [1.29, 1.82) is 0 Å². The maximum absolute atomic E-state index is 12.3. The van der Waals surface area contributed by atoms with E-state index in [1.54, 1.807) is 12.1 Å². The molecule has 0 saturated heterocycles. The molecule has 2 heterocycles.